The van der Waals surface area contributed by atoms with Crippen molar-refractivity contribution in [3.63, 3.8) is 0 Å². The summed E-state index contributed by atoms with van der Waals surface area (Å²) in [4.78, 5) is 13.1. The highest BCUT2D eigenvalue weighted by atomic mass is 16.5. The SMILES string of the molecule is CCC(C)(C)c1ccc(OC2(CC)C(=O)NC23CC(C)=CC(C)=C3O)c(C(C)(C)CC)c1. The molecule has 1 aromatic carbocycles. The van der Waals surface area contributed by atoms with Crippen LogP contribution in [0.5, 0.6) is 5.75 Å². The van der Waals surface area contributed by atoms with E-state index in [0.29, 0.717) is 12.8 Å². The van der Waals surface area contributed by atoms with Crippen molar-refractivity contribution in [1.29, 1.82) is 0 Å². The molecule has 2 N–H and O–H groups in total. The molecule has 0 aromatic heterocycles. The van der Waals surface area contributed by atoms with E-state index in [1.807, 2.05) is 32.9 Å². The molecule has 1 aliphatic heterocycles. The highest BCUT2D eigenvalue weighted by Gasteiger charge is 2.70. The molecule has 1 heterocycles. The molecule has 2 unspecified atom stereocenters. The lowest BCUT2D eigenvalue weighted by Gasteiger charge is -2.58. The van der Waals surface area contributed by atoms with Crippen molar-refractivity contribution >= 4 is 5.91 Å². The zero-order valence-corrected chi connectivity index (χ0v) is 21.4. The molecule has 4 nitrogen and oxygen atoms in total. The fourth-order valence-electron chi connectivity index (χ4n) is 5.11. The first-order valence-electron chi connectivity index (χ1n) is 12.0. The lowest BCUT2D eigenvalue weighted by Crippen LogP contribution is -2.84. The average Bonchev–Trinajstić information content (AvgIpc) is 2.75. The van der Waals surface area contributed by atoms with Crippen LogP contribution in [-0.4, -0.2) is 22.2 Å². The molecular formula is C28H41NO3. The fourth-order valence-corrected chi connectivity index (χ4v) is 5.11. The van der Waals surface area contributed by atoms with Crippen molar-refractivity contribution in [2.45, 2.75) is 110 Å². The van der Waals surface area contributed by atoms with Gasteiger partial charge in [0, 0.05) is 12.0 Å². The van der Waals surface area contributed by atoms with Gasteiger partial charge >= 0.3 is 0 Å². The second kappa shape index (κ2) is 7.97. The van der Waals surface area contributed by atoms with Crippen molar-refractivity contribution in [3.05, 3.63) is 52.3 Å². The Morgan fingerprint density at radius 2 is 1.69 bits per heavy atom. The van der Waals surface area contributed by atoms with Gasteiger partial charge < -0.3 is 15.2 Å². The first kappa shape index (κ1) is 24.4. The minimum atomic E-state index is -1.14. The number of hydrogen-bond donors (Lipinski definition) is 2. The number of rotatable bonds is 7. The maximum atomic E-state index is 13.1. The van der Waals surface area contributed by atoms with Crippen molar-refractivity contribution in [2.24, 2.45) is 0 Å². The van der Waals surface area contributed by atoms with E-state index in [4.69, 9.17) is 4.74 Å². The van der Waals surface area contributed by atoms with Gasteiger partial charge in [0.1, 0.15) is 11.5 Å². The third kappa shape index (κ3) is 3.47. The fraction of sp³-hybridized carbons (Fsp3) is 0.607. The summed E-state index contributed by atoms with van der Waals surface area (Å²) >= 11 is 0. The molecule has 0 radical (unpaired) electrons. The van der Waals surface area contributed by atoms with Crippen LogP contribution >= 0.6 is 0 Å². The van der Waals surface area contributed by atoms with Gasteiger partial charge in [-0.05, 0) is 61.1 Å². The summed E-state index contributed by atoms with van der Waals surface area (Å²) in [6, 6.07) is 6.44. The van der Waals surface area contributed by atoms with Gasteiger partial charge in [-0.15, -0.1) is 0 Å². The van der Waals surface area contributed by atoms with Crippen LogP contribution in [0.25, 0.3) is 0 Å². The molecule has 3 rings (SSSR count). The minimum absolute atomic E-state index is 0.0536. The van der Waals surface area contributed by atoms with Gasteiger partial charge in [0.2, 0.25) is 5.60 Å². The van der Waals surface area contributed by atoms with Gasteiger partial charge in [-0.25, -0.2) is 0 Å². The maximum absolute atomic E-state index is 13.1. The highest BCUT2D eigenvalue weighted by molar-refractivity contribution is 5.97. The number of aliphatic hydroxyl groups excluding tert-OH is 1. The van der Waals surface area contributed by atoms with E-state index in [1.54, 1.807) is 0 Å². The van der Waals surface area contributed by atoms with E-state index in [9.17, 15) is 9.90 Å². The molecule has 0 bridgehead atoms. The van der Waals surface area contributed by atoms with E-state index in [-0.39, 0.29) is 22.5 Å². The third-order valence-corrected chi connectivity index (χ3v) is 8.21. The van der Waals surface area contributed by atoms with Crippen LogP contribution in [0.3, 0.4) is 0 Å². The molecule has 1 amide bonds. The predicted molar refractivity (Wildman–Crippen MR) is 131 cm³/mol. The Morgan fingerprint density at radius 3 is 2.22 bits per heavy atom. The number of carbonyl (C=O) groups is 1. The molecule has 176 valence electrons. The molecule has 32 heavy (non-hydrogen) atoms. The zero-order chi connectivity index (χ0) is 24.1. The number of benzene rings is 1. The van der Waals surface area contributed by atoms with Crippen LogP contribution < -0.4 is 10.1 Å². The topological polar surface area (TPSA) is 58.6 Å². The molecule has 2 atom stereocenters. The van der Waals surface area contributed by atoms with E-state index < -0.39 is 11.1 Å². The van der Waals surface area contributed by atoms with Crippen molar-refractivity contribution in [1.82, 2.24) is 5.32 Å². The molecule has 1 spiro atoms. The van der Waals surface area contributed by atoms with Crippen molar-refractivity contribution in [3.8, 4) is 5.75 Å². The number of carbonyl (C=O) groups excluding carboxylic acids is 1. The number of hydrogen-bond acceptors (Lipinski definition) is 3. The second-order valence-electron chi connectivity index (χ2n) is 11.0. The quantitative estimate of drug-likeness (QED) is 0.468. The largest absolute Gasteiger partial charge is 0.509 e. The summed E-state index contributed by atoms with van der Waals surface area (Å²) < 4.78 is 6.75. The summed E-state index contributed by atoms with van der Waals surface area (Å²) in [5, 5.41) is 14.2. The first-order chi connectivity index (χ1) is 14.8. The molecule has 1 aromatic rings. The molecule has 1 fully saturated rings. The van der Waals surface area contributed by atoms with Gasteiger partial charge in [0.05, 0.1) is 0 Å². The maximum Gasteiger partial charge on any atom is 0.268 e. The molecule has 2 aliphatic rings. The first-order valence-corrected chi connectivity index (χ1v) is 12.0. The summed E-state index contributed by atoms with van der Waals surface area (Å²) in [5.41, 5.74) is 2.17. The Hall–Kier alpha value is -2.23. The molecule has 1 aliphatic carbocycles. The summed E-state index contributed by atoms with van der Waals surface area (Å²) in [6.07, 6.45) is 4.98. The molecular weight excluding hydrogens is 398 g/mol. The van der Waals surface area contributed by atoms with Gasteiger partial charge in [0.15, 0.2) is 5.54 Å². The smallest absolute Gasteiger partial charge is 0.268 e. The minimum Gasteiger partial charge on any atom is -0.509 e. The van der Waals surface area contributed by atoms with E-state index >= 15 is 0 Å². The Morgan fingerprint density at radius 1 is 1.06 bits per heavy atom. The van der Waals surface area contributed by atoms with Crippen LogP contribution in [0.2, 0.25) is 0 Å². The van der Waals surface area contributed by atoms with Gasteiger partial charge in [0.25, 0.3) is 5.91 Å². The van der Waals surface area contributed by atoms with Crippen LogP contribution in [0.1, 0.15) is 99.1 Å². The summed E-state index contributed by atoms with van der Waals surface area (Å²) in [7, 11) is 0. The van der Waals surface area contributed by atoms with Crippen molar-refractivity contribution < 1.29 is 14.6 Å². The highest BCUT2D eigenvalue weighted by Crippen LogP contribution is 2.51. The average molecular weight is 440 g/mol. The van der Waals surface area contributed by atoms with E-state index in [1.165, 1.54) is 5.56 Å². The molecule has 4 heteroatoms. The normalized spacial score (nSPS) is 26.0. The monoisotopic (exact) mass is 439 g/mol. The summed E-state index contributed by atoms with van der Waals surface area (Å²) in [6.45, 7) is 19.3. The number of amides is 1. The van der Waals surface area contributed by atoms with Gasteiger partial charge in [-0.2, -0.15) is 0 Å². The Bertz CT molecular complexity index is 984. The Labute approximate surface area is 194 Å². The number of ether oxygens (including phenoxy) is 1. The predicted octanol–water partition coefficient (Wildman–Crippen LogP) is 6.64. The standard InChI is InChI=1S/C28H41NO3/c1-10-25(6,7)20-13-14-22(21(16-20)26(8,9)11-2)32-28(12-3)24(31)29-27(28)17-18(4)15-19(5)23(27)30/h13-16,30H,10-12,17H2,1-9H3,(H,29,31). The molecule has 1 saturated heterocycles. The summed E-state index contributed by atoms with van der Waals surface area (Å²) in [5.74, 6) is 0.790. The van der Waals surface area contributed by atoms with Crippen molar-refractivity contribution in [2.75, 3.05) is 0 Å². The van der Waals surface area contributed by atoms with Crippen LogP contribution in [0.15, 0.2) is 41.2 Å². The Kier molecular flexibility index (Phi) is 6.08. The van der Waals surface area contributed by atoms with Gasteiger partial charge in [-0.3, -0.25) is 4.79 Å². The Balaban J connectivity index is 2.16. The number of β-lactam (4-membered cyclic amide) rings is 1. The number of allylic oxidation sites excluding steroid dienone is 2. The number of aliphatic hydroxyl groups is 1. The number of nitrogens with one attached hydrogen (secondary N) is 1. The van der Waals surface area contributed by atoms with Crippen LogP contribution in [0, 0.1) is 0 Å². The third-order valence-electron chi connectivity index (χ3n) is 8.21. The zero-order valence-electron chi connectivity index (χ0n) is 21.4. The van der Waals surface area contributed by atoms with Crippen LogP contribution in [-0.2, 0) is 15.6 Å². The van der Waals surface area contributed by atoms with Gasteiger partial charge in [-0.1, -0.05) is 72.2 Å². The second-order valence-corrected chi connectivity index (χ2v) is 11.0. The van der Waals surface area contributed by atoms with E-state index in [2.05, 4.69) is 59.0 Å². The molecule has 0 saturated carbocycles. The van der Waals surface area contributed by atoms with Crippen LogP contribution in [0.4, 0.5) is 0 Å². The lowest BCUT2D eigenvalue weighted by molar-refractivity contribution is -0.170. The lowest BCUT2D eigenvalue weighted by atomic mass is 9.62. The van der Waals surface area contributed by atoms with E-state index in [0.717, 1.165) is 35.3 Å².